The lowest BCUT2D eigenvalue weighted by molar-refractivity contribution is 0.218. The number of fused-ring (bicyclic) bond motifs is 3. The Morgan fingerprint density at radius 1 is 0.938 bits per heavy atom. The molecule has 0 heterocycles. The van der Waals surface area contributed by atoms with Gasteiger partial charge in [-0.2, -0.15) is 0 Å². The fourth-order valence-corrected chi connectivity index (χ4v) is 2.44. The maximum absolute atomic E-state index is 10.2. The van der Waals surface area contributed by atoms with Crippen LogP contribution in [0.4, 0.5) is 0 Å². The van der Waals surface area contributed by atoms with Gasteiger partial charge in [0.05, 0.1) is 6.61 Å². The second-order valence-corrected chi connectivity index (χ2v) is 4.03. The van der Waals surface area contributed by atoms with Crippen molar-refractivity contribution in [3.63, 3.8) is 0 Å². The van der Waals surface area contributed by atoms with Gasteiger partial charge in [-0.3, -0.25) is 0 Å². The minimum absolute atomic E-state index is 0.0335. The standard InChI is InChI=1S/C14H12O2/c15-8-9-4-3-7-11-10-5-1-2-6-12(10)14(16)13(9)11/h1-7,14-16H,8H2/t14-/m1/s1. The number of hydrogen-bond acceptors (Lipinski definition) is 2. The molecule has 2 aromatic rings. The van der Waals surface area contributed by atoms with E-state index < -0.39 is 6.10 Å². The molecule has 2 heteroatoms. The van der Waals surface area contributed by atoms with E-state index >= 15 is 0 Å². The molecule has 0 saturated heterocycles. The van der Waals surface area contributed by atoms with Crippen LogP contribution in [0.3, 0.4) is 0 Å². The molecule has 0 spiro atoms. The van der Waals surface area contributed by atoms with Crippen LogP contribution >= 0.6 is 0 Å². The summed E-state index contributed by atoms with van der Waals surface area (Å²) in [5.74, 6) is 0. The zero-order chi connectivity index (χ0) is 11.1. The van der Waals surface area contributed by atoms with Gasteiger partial charge in [-0.25, -0.2) is 0 Å². The topological polar surface area (TPSA) is 40.5 Å². The third-order valence-electron chi connectivity index (χ3n) is 3.19. The van der Waals surface area contributed by atoms with Crippen LogP contribution in [0.5, 0.6) is 0 Å². The largest absolute Gasteiger partial charge is 0.392 e. The van der Waals surface area contributed by atoms with Crippen molar-refractivity contribution in [2.75, 3.05) is 0 Å². The van der Waals surface area contributed by atoms with Gasteiger partial charge >= 0.3 is 0 Å². The molecule has 80 valence electrons. The Labute approximate surface area is 93.8 Å². The maximum atomic E-state index is 10.2. The van der Waals surface area contributed by atoms with Crippen LogP contribution in [-0.4, -0.2) is 10.2 Å². The van der Waals surface area contributed by atoms with Gasteiger partial charge in [0.2, 0.25) is 0 Å². The van der Waals surface area contributed by atoms with Crippen LogP contribution in [-0.2, 0) is 6.61 Å². The monoisotopic (exact) mass is 212 g/mol. The average Bonchev–Trinajstić information content (AvgIpc) is 2.64. The molecule has 3 rings (SSSR count). The highest BCUT2D eigenvalue weighted by Crippen LogP contribution is 2.44. The number of aliphatic hydroxyl groups excluding tert-OH is 2. The van der Waals surface area contributed by atoms with Gasteiger partial charge in [-0.15, -0.1) is 0 Å². The van der Waals surface area contributed by atoms with Crippen molar-refractivity contribution in [2.24, 2.45) is 0 Å². The van der Waals surface area contributed by atoms with Crippen LogP contribution in [0.15, 0.2) is 42.5 Å². The van der Waals surface area contributed by atoms with E-state index in [9.17, 15) is 10.2 Å². The van der Waals surface area contributed by atoms with Gasteiger partial charge in [0, 0.05) is 0 Å². The van der Waals surface area contributed by atoms with Gasteiger partial charge in [-0.1, -0.05) is 42.5 Å². The number of aliphatic hydroxyl groups is 2. The molecule has 0 amide bonds. The highest BCUT2D eigenvalue weighted by Gasteiger charge is 2.28. The molecule has 0 bridgehead atoms. The highest BCUT2D eigenvalue weighted by molar-refractivity contribution is 5.79. The van der Waals surface area contributed by atoms with Crippen molar-refractivity contribution >= 4 is 0 Å². The van der Waals surface area contributed by atoms with Gasteiger partial charge in [0.15, 0.2) is 0 Å². The Morgan fingerprint density at radius 3 is 2.50 bits per heavy atom. The van der Waals surface area contributed by atoms with Crippen LogP contribution in [0, 0.1) is 0 Å². The molecule has 0 unspecified atom stereocenters. The Balaban J connectivity index is 2.32. The van der Waals surface area contributed by atoms with E-state index in [0.29, 0.717) is 0 Å². The molecule has 1 aliphatic rings. The second kappa shape index (κ2) is 3.44. The van der Waals surface area contributed by atoms with Crippen molar-refractivity contribution in [1.82, 2.24) is 0 Å². The SMILES string of the molecule is OCc1cccc2c1[C@H](O)c1ccccc1-2. The van der Waals surface area contributed by atoms with Crippen molar-refractivity contribution in [3.8, 4) is 11.1 Å². The lowest BCUT2D eigenvalue weighted by Gasteiger charge is -2.09. The summed E-state index contributed by atoms with van der Waals surface area (Å²) < 4.78 is 0. The van der Waals surface area contributed by atoms with E-state index in [1.807, 2.05) is 42.5 Å². The molecule has 16 heavy (non-hydrogen) atoms. The average molecular weight is 212 g/mol. The molecule has 0 aromatic heterocycles. The molecule has 0 saturated carbocycles. The van der Waals surface area contributed by atoms with E-state index in [-0.39, 0.29) is 6.61 Å². The quantitative estimate of drug-likeness (QED) is 0.761. The molecule has 0 fully saturated rings. The van der Waals surface area contributed by atoms with Crippen LogP contribution in [0.1, 0.15) is 22.8 Å². The zero-order valence-corrected chi connectivity index (χ0v) is 8.72. The van der Waals surface area contributed by atoms with Gasteiger partial charge < -0.3 is 10.2 Å². The number of benzene rings is 2. The lowest BCUT2D eigenvalue weighted by Crippen LogP contribution is -1.99. The molecule has 0 aliphatic heterocycles. The van der Waals surface area contributed by atoms with Gasteiger partial charge in [-0.05, 0) is 27.8 Å². The minimum Gasteiger partial charge on any atom is -0.392 e. The van der Waals surface area contributed by atoms with Gasteiger partial charge in [0.1, 0.15) is 6.10 Å². The van der Waals surface area contributed by atoms with E-state index in [0.717, 1.165) is 27.8 Å². The molecule has 0 radical (unpaired) electrons. The molecule has 1 aliphatic carbocycles. The smallest absolute Gasteiger partial charge is 0.106 e. The summed E-state index contributed by atoms with van der Waals surface area (Å²) in [6.45, 7) is -0.0335. The van der Waals surface area contributed by atoms with Crippen molar-refractivity contribution in [1.29, 1.82) is 0 Å². The van der Waals surface area contributed by atoms with Crippen LogP contribution in [0.2, 0.25) is 0 Å². The second-order valence-electron chi connectivity index (χ2n) is 4.03. The molecule has 2 nitrogen and oxygen atoms in total. The third-order valence-corrected chi connectivity index (χ3v) is 3.19. The number of hydrogen-bond donors (Lipinski definition) is 2. The fraction of sp³-hybridized carbons (Fsp3) is 0.143. The Bertz CT molecular complexity index is 546. The number of rotatable bonds is 1. The zero-order valence-electron chi connectivity index (χ0n) is 8.72. The first-order valence-electron chi connectivity index (χ1n) is 5.33. The fourth-order valence-electron chi connectivity index (χ4n) is 2.44. The van der Waals surface area contributed by atoms with Crippen molar-refractivity contribution in [2.45, 2.75) is 12.7 Å². The first-order valence-corrected chi connectivity index (χ1v) is 5.33. The van der Waals surface area contributed by atoms with Crippen LogP contribution < -0.4 is 0 Å². The first kappa shape index (κ1) is 9.58. The summed E-state index contributed by atoms with van der Waals surface area (Å²) in [6.07, 6.45) is -0.602. The van der Waals surface area contributed by atoms with Crippen molar-refractivity contribution < 1.29 is 10.2 Å². The van der Waals surface area contributed by atoms with E-state index in [2.05, 4.69) is 0 Å². The summed E-state index contributed by atoms with van der Waals surface area (Å²) in [6, 6.07) is 13.6. The van der Waals surface area contributed by atoms with E-state index in [4.69, 9.17) is 0 Å². The first-order chi connectivity index (χ1) is 7.83. The highest BCUT2D eigenvalue weighted by atomic mass is 16.3. The molecule has 1 atom stereocenters. The summed E-state index contributed by atoms with van der Waals surface area (Å²) in [4.78, 5) is 0. The van der Waals surface area contributed by atoms with E-state index in [1.165, 1.54) is 0 Å². The summed E-state index contributed by atoms with van der Waals surface area (Å²) in [7, 11) is 0. The minimum atomic E-state index is -0.602. The normalized spacial score (nSPS) is 17.0. The predicted molar refractivity (Wildman–Crippen MR) is 61.9 cm³/mol. The van der Waals surface area contributed by atoms with Gasteiger partial charge in [0.25, 0.3) is 0 Å². The van der Waals surface area contributed by atoms with Crippen molar-refractivity contribution in [3.05, 3.63) is 59.2 Å². The maximum Gasteiger partial charge on any atom is 0.106 e. The molecule has 2 aromatic carbocycles. The molecular weight excluding hydrogens is 200 g/mol. The summed E-state index contributed by atoms with van der Waals surface area (Å²) >= 11 is 0. The molecule has 2 N–H and O–H groups in total. The van der Waals surface area contributed by atoms with Crippen LogP contribution in [0.25, 0.3) is 11.1 Å². The Kier molecular flexibility index (Phi) is 2.06. The Hall–Kier alpha value is -1.64. The van der Waals surface area contributed by atoms with E-state index in [1.54, 1.807) is 0 Å². The predicted octanol–water partition coefficient (Wildman–Crippen LogP) is 2.24. The Morgan fingerprint density at radius 2 is 1.69 bits per heavy atom. The summed E-state index contributed by atoms with van der Waals surface area (Å²) in [5.41, 5.74) is 4.70. The lowest BCUT2D eigenvalue weighted by atomic mass is 10.0. The third kappa shape index (κ3) is 1.14. The molecular formula is C14H12O2. The summed E-state index contributed by atoms with van der Waals surface area (Å²) in [5, 5.41) is 19.5.